The van der Waals surface area contributed by atoms with Crippen LogP contribution in [0.3, 0.4) is 0 Å². The van der Waals surface area contributed by atoms with Crippen molar-refractivity contribution in [1.82, 2.24) is 5.06 Å². The van der Waals surface area contributed by atoms with Gasteiger partial charge in [0, 0.05) is 13.0 Å². The summed E-state index contributed by atoms with van der Waals surface area (Å²) in [6.45, 7) is 2.71. The number of hydrogen-bond donors (Lipinski definition) is 0. The van der Waals surface area contributed by atoms with E-state index in [4.69, 9.17) is 9.57 Å². The Balaban J connectivity index is 2.06. The molecular formula is C8H11NO4. The number of fused-ring (bicyclic) bond motifs is 1. The predicted molar refractivity (Wildman–Crippen MR) is 41.1 cm³/mol. The van der Waals surface area contributed by atoms with E-state index in [2.05, 4.69) is 6.92 Å². The van der Waals surface area contributed by atoms with Gasteiger partial charge in [-0.25, -0.2) is 9.59 Å². The molecule has 5 heteroatoms. The van der Waals surface area contributed by atoms with Gasteiger partial charge in [-0.3, -0.25) is 0 Å². The van der Waals surface area contributed by atoms with Gasteiger partial charge >= 0.3 is 11.9 Å². The van der Waals surface area contributed by atoms with Crippen molar-refractivity contribution in [2.24, 2.45) is 5.92 Å². The van der Waals surface area contributed by atoms with Crippen LogP contribution in [0.2, 0.25) is 0 Å². The summed E-state index contributed by atoms with van der Waals surface area (Å²) in [5, 5.41) is 1.46. The first kappa shape index (κ1) is 8.50. The third-order valence-electron chi connectivity index (χ3n) is 2.33. The summed E-state index contributed by atoms with van der Waals surface area (Å²) in [6, 6.07) is 0. The first-order chi connectivity index (χ1) is 6.16. The van der Waals surface area contributed by atoms with Crippen LogP contribution in [0, 0.1) is 5.92 Å². The smallest absolute Gasteiger partial charge is 0.435 e. The minimum absolute atomic E-state index is 0.360. The molecule has 0 bridgehead atoms. The number of nitrogens with zero attached hydrogens (tertiary/aromatic N) is 1. The normalized spacial score (nSPS) is 34.8. The second-order valence-corrected chi connectivity index (χ2v) is 3.52. The van der Waals surface area contributed by atoms with Crippen molar-refractivity contribution in [3.8, 4) is 0 Å². The number of rotatable bonds is 0. The lowest BCUT2D eigenvalue weighted by Gasteiger charge is -2.37. The fourth-order valence-electron chi connectivity index (χ4n) is 1.62. The third-order valence-corrected chi connectivity index (χ3v) is 2.33. The molecule has 0 amide bonds. The van der Waals surface area contributed by atoms with Crippen LogP contribution in [0.25, 0.3) is 0 Å². The summed E-state index contributed by atoms with van der Waals surface area (Å²) >= 11 is 0. The Morgan fingerprint density at radius 3 is 2.85 bits per heavy atom. The van der Waals surface area contributed by atoms with Gasteiger partial charge in [-0.2, -0.15) is 0 Å². The second-order valence-electron chi connectivity index (χ2n) is 3.52. The molecule has 2 aliphatic rings. The highest BCUT2D eigenvalue weighted by molar-refractivity contribution is 6.29. The van der Waals surface area contributed by atoms with Crippen molar-refractivity contribution >= 4 is 11.9 Å². The average molecular weight is 185 g/mol. The van der Waals surface area contributed by atoms with E-state index in [-0.39, 0.29) is 6.23 Å². The van der Waals surface area contributed by atoms with Crippen molar-refractivity contribution in [2.45, 2.75) is 26.0 Å². The van der Waals surface area contributed by atoms with E-state index >= 15 is 0 Å². The van der Waals surface area contributed by atoms with Gasteiger partial charge in [-0.1, -0.05) is 12.0 Å². The van der Waals surface area contributed by atoms with Crippen LogP contribution < -0.4 is 0 Å². The van der Waals surface area contributed by atoms with Crippen LogP contribution >= 0.6 is 0 Å². The Morgan fingerprint density at radius 2 is 2.08 bits per heavy atom. The van der Waals surface area contributed by atoms with E-state index in [1.165, 1.54) is 5.06 Å². The Labute approximate surface area is 75.5 Å². The Morgan fingerprint density at radius 1 is 1.31 bits per heavy atom. The lowest BCUT2D eigenvalue weighted by Crippen LogP contribution is -2.52. The molecule has 5 nitrogen and oxygen atoms in total. The predicted octanol–water partition coefficient (Wildman–Crippen LogP) is 0.0594. The second kappa shape index (κ2) is 2.99. The molecule has 0 aromatic rings. The lowest BCUT2D eigenvalue weighted by atomic mass is 10.0. The van der Waals surface area contributed by atoms with E-state index in [1.54, 1.807) is 0 Å². The van der Waals surface area contributed by atoms with Crippen LogP contribution in [0.1, 0.15) is 19.8 Å². The minimum Gasteiger partial charge on any atom is -0.435 e. The molecule has 0 spiro atoms. The molecule has 2 atom stereocenters. The summed E-state index contributed by atoms with van der Waals surface area (Å²) in [5.41, 5.74) is 0. The van der Waals surface area contributed by atoms with E-state index < -0.39 is 11.9 Å². The maximum atomic E-state index is 10.8. The molecule has 72 valence electrons. The maximum Gasteiger partial charge on any atom is 0.436 e. The zero-order valence-electron chi connectivity index (χ0n) is 7.36. The number of carbonyl (C=O) groups excluding carboxylic acids is 2. The molecule has 0 aromatic carbocycles. The van der Waals surface area contributed by atoms with Crippen LogP contribution in [-0.4, -0.2) is 29.8 Å². The summed E-state index contributed by atoms with van der Waals surface area (Å²) in [5.74, 6) is -1.32. The molecule has 0 radical (unpaired) electrons. The molecule has 2 unspecified atom stereocenters. The van der Waals surface area contributed by atoms with Gasteiger partial charge in [-0.15, -0.1) is 0 Å². The van der Waals surface area contributed by atoms with Crippen LogP contribution in [0.4, 0.5) is 0 Å². The summed E-state index contributed by atoms with van der Waals surface area (Å²) in [6.07, 6.45) is 1.37. The molecule has 2 saturated heterocycles. The summed E-state index contributed by atoms with van der Waals surface area (Å²) in [7, 11) is 0. The van der Waals surface area contributed by atoms with Crippen molar-refractivity contribution in [1.29, 1.82) is 0 Å². The fourth-order valence-corrected chi connectivity index (χ4v) is 1.62. The highest BCUT2D eigenvalue weighted by Crippen LogP contribution is 2.25. The zero-order chi connectivity index (χ0) is 9.42. The average Bonchev–Trinajstić information content (AvgIpc) is 2.08. The highest BCUT2D eigenvalue weighted by Gasteiger charge is 2.39. The van der Waals surface area contributed by atoms with Gasteiger partial charge in [-0.05, 0) is 12.3 Å². The molecule has 0 aromatic heterocycles. The van der Waals surface area contributed by atoms with E-state index in [9.17, 15) is 9.59 Å². The standard InChI is InChI=1S/C8H11NO4/c1-5-2-3-6-9(4-5)13-8(11)7(10)12-6/h5-6H,2-4H2,1H3. The molecule has 0 saturated carbocycles. The third kappa shape index (κ3) is 1.51. The van der Waals surface area contributed by atoms with Gasteiger partial charge in [0.05, 0.1) is 0 Å². The zero-order valence-corrected chi connectivity index (χ0v) is 7.36. The Hall–Kier alpha value is -1.10. The maximum absolute atomic E-state index is 10.8. The van der Waals surface area contributed by atoms with Crippen LogP contribution in [0.15, 0.2) is 0 Å². The first-order valence-corrected chi connectivity index (χ1v) is 4.36. The van der Waals surface area contributed by atoms with Crippen molar-refractivity contribution < 1.29 is 19.2 Å². The largest absolute Gasteiger partial charge is 0.436 e. The molecule has 0 N–H and O–H groups in total. The number of hydroxylamine groups is 2. The molecule has 0 aliphatic carbocycles. The summed E-state index contributed by atoms with van der Waals surface area (Å²) < 4.78 is 4.86. The Kier molecular flexibility index (Phi) is 1.95. The van der Waals surface area contributed by atoms with Gasteiger partial charge in [0.25, 0.3) is 0 Å². The number of esters is 1. The van der Waals surface area contributed by atoms with E-state index in [1.807, 2.05) is 0 Å². The number of carbonyl (C=O) groups is 2. The monoisotopic (exact) mass is 185 g/mol. The number of hydrogen-bond acceptors (Lipinski definition) is 5. The topological polar surface area (TPSA) is 55.8 Å². The van der Waals surface area contributed by atoms with E-state index in [0.29, 0.717) is 12.5 Å². The van der Waals surface area contributed by atoms with Crippen molar-refractivity contribution in [3.05, 3.63) is 0 Å². The van der Waals surface area contributed by atoms with E-state index in [0.717, 1.165) is 12.8 Å². The molecular weight excluding hydrogens is 174 g/mol. The van der Waals surface area contributed by atoms with Gasteiger partial charge < -0.3 is 9.57 Å². The molecule has 2 aliphatic heterocycles. The molecule has 2 heterocycles. The Bertz CT molecular complexity index is 253. The van der Waals surface area contributed by atoms with Gasteiger partial charge in [0.1, 0.15) is 0 Å². The SMILES string of the molecule is CC1CCC2OC(=O)C(=O)ON2C1. The fraction of sp³-hybridized carbons (Fsp3) is 0.750. The van der Waals surface area contributed by atoms with Crippen LogP contribution in [-0.2, 0) is 19.2 Å². The summed E-state index contributed by atoms with van der Waals surface area (Å²) in [4.78, 5) is 26.4. The van der Waals surface area contributed by atoms with Crippen molar-refractivity contribution in [3.63, 3.8) is 0 Å². The van der Waals surface area contributed by atoms with Gasteiger partial charge in [0.2, 0.25) is 0 Å². The van der Waals surface area contributed by atoms with Gasteiger partial charge in [0.15, 0.2) is 6.23 Å². The van der Waals surface area contributed by atoms with Crippen molar-refractivity contribution in [2.75, 3.05) is 6.54 Å². The molecule has 2 fully saturated rings. The lowest BCUT2D eigenvalue weighted by molar-refractivity contribution is -0.278. The highest BCUT2D eigenvalue weighted by atomic mass is 16.8. The quantitative estimate of drug-likeness (QED) is 0.394. The van der Waals surface area contributed by atoms with Crippen LogP contribution in [0.5, 0.6) is 0 Å². The number of ether oxygens (including phenoxy) is 1. The number of piperidine rings is 1. The minimum atomic E-state index is -0.912. The molecule has 13 heavy (non-hydrogen) atoms. The first-order valence-electron chi connectivity index (χ1n) is 4.36. The molecule has 2 rings (SSSR count).